The lowest BCUT2D eigenvalue weighted by Gasteiger charge is -2.20. The van der Waals surface area contributed by atoms with E-state index in [2.05, 4.69) is 12.2 Å². The van der Waals surface area contributed by atoms with Crippen molar-refractivity contribution in [3.05, 3.63) is 21.4 Å². The molecule has 1 amide bonds. The summed E-state index contributed by atoms with van der Waals surface area (Å²) in [5, 5.41) is 2.78. The average molecular weight is 323 g/mol. The number of nitrogens with one attached hydrogen (secondary N) is 1. The predicted octanol–water partition coefficient (Wildman–Crippen LogP) is 3.33. The standard InChI is InChI=1S/C17H25NO3S/c1-5-11-6-7-13-12(8-11)9-14(22-13)16(20)21-10-15(19)18-17(2,3)4/h9,11H,5-8,10H2,1-4H3,(H,18,19)/t11-/m0/s1. The number of hydrogen-bond donors (Lipinski definition) is 1. The molecule has 1 atom stereocenters. The second kappa shape index (κ2) is 6.82. The molecular weight excluding hydrogens is 298 g/mol. The summed E-state index contributed by atoms with van der Waals surface area (Å²) in [6.45, 7) is 7.67. The maximum Gasteiger partial charge on any atom is 0.348 e. The van der Waals surface area contributed by atoms with E-state index in [1.165, 1.54) is 34.6 Å². The lowest BCUT2D eigenvalue weighted by Crippen LogP contribution is -2.42. The summed E-state index contributed by atoms with van der Waals surface area (Å²) in [7, 11) is 0. The van der Waals surface area contributed by atoms with Gasteiger partial charge < -0.3 is 10.1 Å². The number of ether oxygens (including phenoxy) is 1. The first-order valence-corrected chi connectivity index (χ1v) is 8.70. The zero-order chi connectivity index (χ0) is 16.3. The van der Waals surface area contributed by atoms with Gasteiger partial charge in [-0.25, -0.2) is 4.79 Å². The molecule has 1 N–H and O–H groups in total. The molecule has 1 aromatic rings. The van der Waals surface area contributed by atoms with Crippen molar-refractivity contribution in [1.29, 1.82) is 0 Å². The molecule has 0 aliphatic heterocycles. The van der Waals surface area contributed by atoms with Gasteiger partial charge in [0, 0.05) is 10.4 Å². The number of thiophene rings is 1. The highest BCUT2D eigenvalue weighted by molar-refractivity contribution is 7.14. The van der Waals surface area contributed by atoms with Crippen LogP contribution in [0.4, 0.5) is 0 Å². The Kier molecular flexibility index (Phi) is 5.27. The Morgan fingerprint density at radius 3 is 2.77 bits per heavy atom. The van der Waals surface area contributed by atoms with Crippen LogP contribution in [0.15, 0.2) is 6.07 Å². The highest BCUT2D eigenvalue weighted by atomic mass is 32.1. The quantitative estimate of drug-likeness (QED) is 0.865. The van der Waals surface area contributed by atoms with Gasteiger partial charge in [0.1, 0.15) is 4.88 Å². The fraction of sp³-hybridized carbons (Fsp3) is 0.647. The van der Waals surface area contributed by atoms with Crippen LogP contribution < -0.4 is 5.32 Å². The van der Waals surface area contributed by atoms with Gasteiger partial charge in [-0.15, -0.1) is 11.3 Å². The number of hydrogen-bond acceptors (Lipinski definition) is 4. The summed E-state index contributed by atoms with van der Waals surface area (Å²) in [5.41, 5.74) is 0.968. The fourth-order valence-corrected chi connectivity index (χ4v) is 3.81. The van der Waals surface area contributed by atoms with Crippen molar-refractivity contribution in [2.24, 2.45) is 5.92 Å². The molecule has 1 aliphatic rings. The van der Waals surface area contributed by atoms with Gasteiger partial charge in [-0.2, -0.15) is 0 Å². The first-order valence-electron chi connectivity index (χ1n) is 7.88. The van der Waals surface area contributed by atoms with Crippen LogP contribution in [0.1, 0.15) is 60.6 Å². The van der Waals surface area contributed by atoms with Crippen molar-refractivity contribution in [2.75, 3.05) is 6.61 Å². The summed E-state index contributed by atoms with van der Waals surface area (Å²) in [6, 6.07) is 1.95. The zero-order valence-corrected chi connectivity index (χ0v) is 14.6. The number of carbonyl (C=O) groups is 2. The summed E-state index contributed by atoms with van der Waals surface area (Å²) < 4.78 is 5.13. The Balaban J connectivity index is 1.91. The molecule has 0 spiro atoms. The van der Waals surface area contributed by atoms with E-state index in [4.69, 9.17) is 4.74 Å². The van der Waals surface area contributed by atoms with Crippen LogP contribution in [0.25, 0.3) is 0 Å². The second-order valence-electron chi connectivity index (χ2n) is 6.95. The fourth-order valence-electron chi connectivity index (χ4n) is 2.70. The van der Waals surface area contributed by atoms with Gasteiger partial charge in [-0.3, -0.25) is 4.79 Å². The molecule has 22 heavy (non-hydrogen) atoms. The van der Waals surface area contributed by atoms with E-state index in [1.54, 1.807) is 0 Å². The largest absolute Gasteiger partial charge is 0.451 e. The molecule has 1 aromatic heterocycles. The number of rotatable bonds is 4. The van der Waals surface area contributed by atoms with Crippen LogP contribution in [-0.2, 0) is 22.4 Å². The topological polar surface area (TPSA) is 55.4 Å². The Hall–Kier alpha value is -1.36. The van der Waals surface area contributed by atoms with E-state index >= 15 is 0 Å². The van der Waals surface area contributed by atoms with Crippen molar-refractivity contribution in [2.45, 2.75) is 58.9 Å². The first-order chi connectivity index (χ1) is 10.3. The Morgan fingerprint density at radius 1 is 1.41 bits per heavy atom. The van der Waals surface area contributed by atoms with E-state index < -0.39 is 5.97 Å². The molecule has 0 unspecified atom stereocenters. The highest BCUT2D eigenvalue weighted by Crippen LogP contribution is 2.33. The summed E-state index contributed by atoms with van der Waals surface area (Å²) >= 11 is 1.51. The molecule has 122 valence electrons. The summed E-state index contributed by atoms with van der Waals surface area (Å²) in [4.78, 5) is 25.7. The minimum atomic E-state index is -0.392. The summed E-state index contributed by atoms with van der Waals surface area (Å²) in [6.07, 6.45) is 4.49. The maximum absolute atomic E-state index is 12.1. The van der Waals surface area contributed by atoms with E-state index in [1.807, 2.05) is 26.8 Å². The van der Waals surface area contributed by atoms with Crippen LogP contribution in [-0.4, -0.2) is 24.0 Å². The first kappa shape index (κ1) is 17.0. The van der Waals surface area contributed by atoms with Gasteiger partial charge in [0.2, 0.25) is 0 Å². The third kappa shape index (κ3) is 4.57. The Bertz CT molecular complexity index is 557. The molecule has 1 heterocycles. The molecule has 4 nitrogen and oxygen atoms in total. The van der Waals surface area contributed by atoms with Gasteiger partial charge in [0.25, 0.3) is 5.91 Å². The third-order valence-corrected chi connectivity index (χ3v) is 5.03. The van der Waals surface area contributed by atoms with Gasteiger partial charge in [0.15, 0.2) is 6.61 Å². The average Bonchev–Trinajstić information content (AvgIpc) is 2.85. The minimum Gasteiger partial charge on any atom is -0.451 e. The van der Waals surface area contributed by atoms with E-state index in [-0.39, 0.29) is 18.1 Å². The number of amides is 1. The van der Waals surface area contributed by atoms with Gasteiger partial charge in [-0.1, -0.05) is 13.3 Å². The molecule has 0 saturated heterocycles. The van der Waals surface area contributed by atoms with Crippen LogP contribution in [0.3, 0.4) is 0 Å². The van der Waals surface area contributed by atoms with Crippen LogP contribution in [0.5, 0.6) is 0 Å². The Labute approximate surface area is 136 Å². The Morgan fingerprint density at radius 2 is 2.14 bits per heavy atom. The van der Waals surface area contributed by atoms with E-state index in [0.717, 1.165) is 18.8 Å². The number of carbonyl (C=O) groups excluding carboxylic acids is 2. The zero-order valence-electron chi connectivity index (χ0n) is 13.8. The number of esters is 1. The van der Waals surface area contributed by atoms with Gasteiger partial charge in [0.05, 0.1) is 0 Å². The molecule has 2 rings (SSSR count). The van der Waals surface area contributed by atoms with Crippen molar-refractivity contribution in [3.8, 4) is 0 Å². The SMILES string of the molecule is CC[C@H]1CCc2sc(C(=O)OCC(=O)NC(C)(C)C)cc2C1. The van der Waals surface area contributed by atoms with Gasteiger partial charge >= 0.3 is 5.97 Å². The minimum absolute atomic E-state index is 0.226. The van der Waals surface area contributed by atoms with Crippen molar-refractivity contribution < 1.29 is 14.3 Å². The van der Waals surface area contributed by atoms with E-state index in [0.29, 0.717) is 4.88 Å². The highest BCUT2D eigenvalue weighted by Gasteiger charge is 2.23. The van der Waals surface area contributed by atoms with Crippen molar-refractivity contribution in [3.63, 3.8) is 0 Å². The van der Waals surface area contributed by atoms with Crippen LogP contribution in [0, 0.1) is 5.92 Å². The molecule has 5 heteroatoms. The lowest BCUT2D eigenvalue weighted by molar-refractivity contribution is -0.125. The molecule has 1 aliphatic carbocycles. The number of fused-ring (bicyclic) bond motifs is 1. The second-order valence-corrected chi connectivity index (χ2v) is 8.09. The molecule has 0 aromatic carbocycles. The van der Waals surface area contributed by atoms with Gasteiger partial charge in [-0.05, 0) is 57.6 Å². The van der Waals surface area contributed by atoms with Crippen molar-refractivity contribution in [1.82, 2.24) is 5.32 Å². The molecule has 0 bridgehead atoms. The third-order valence-electron chi connectivity index (χ3n) is 3.81. The van der Waals surface area contributed by atoms with Crippen LogP contribution in [0.2, 0.25) is 0 Å². The number of aryl methyl sites for hydroxylation is 1. The molecule has 0 saturated carbocycles. The monoisotopic (exact) mass is 323 g/mol. The maximum atomic E-state index is 12.1. The smallest absolute Gasteiger partial charge is 0.348 e. The predicted molar refractivity (Wildman–Crippen MR) is 88.3 cm³/mol. The van der Waals surface area contributed by atoms with Crippen molar-refractivity contribution >= 4 is 23.2 Å². The molecule has 0 fully saturated rings. The molecule has 0 radical (unpaired) electrons. The molecular formula is C17H25NO3S. The normalized spacial score (nSPS) is 17.7. The lowest BCUT2D eigenvalue weighted by atomic mass is 9.87. The van der Waals surface area contributed by atoms with E-state index in [9.17, 15) is 9.59 Å². The van der Waals surface area contributed by atoms with Crippen LogP contribution >= 0.6 is 11.3 Å². The summed E-state index contributed by atoms with van der Waals surface area (Å²) in [5.74, 6) is 0.0632.